The second-order valence-corrected chi connectivity index (χ2v) is 8.08. The standard InChI is InChI=1S/C25H19Cl2N3O3/c1-2-15-7-13-18(14-8-15)30-24(32)21(27)22(25(30)33)28-17-11-9-16(10-12-17)23(31)29-20-6-4-3-5-19(20)26/h3-14,28H,2H2,1H3,(H,29,31). The molecule has 0 fully saturated rings. The van der Waals surface area contributed by atoms with Crippen LogP contribution in [-0.4, -0.2) is 17.7 Å². The Morgan fingerprint density at radius 3 is 2.18 bits per heavy atom. The van der Waals surface area contributed by atoms with Crippen LogP contribution < -0.4 is 15.5 Å². The molecule has 0 aliphatic carbocycles. The van der Waals surface area contributed by atoms with Crippen LogP contribution in [-0.2, 0) is 16.0 Å². The molecule has 166 valence electrons. The molecule has 0 saturated heterocycles. The van der Waals surface area contributed by atoms with Gasteiger partial charge in [-0.05, 0) is 60.5 Å². The first-order valence-electron chi connectivity index (χ1n) is 10.2. The van der Waals surface area contributed by atoms with Gasteiger partial charge in [-0.1, -0.05) is 54.4 Å². The zero-order chi connectivity index (χ0) is 23.5. The third-order valence-corrected chi connectivity index (χ3v) is 5.85. The summed E-state index contributed by atoms with van der Waals surface area (Å²) in [5.74, 6) is -1.47. The highest BCUT2D eigenvalue weighted by molar-refractivity contribution is 6.53. The van der Waals surface area contributed by atoms with Gasteiger partial charge in [0.25, 0.3) is 17.7 Å². The maximum atomic E-state index is 12.9. The van der Waals surface area contributed by atoms with Crippen LogP contribution >= 0.6 is 23.2 Å². The molecule has 1 heterocycles. The number of carbonyl (C=O) groups excluding carboxylic acids is 3. The molecule has 2 N–H and O–H groups in total. The molecule has 0 radical (unpaired) electrons. The van der Waals surface area contributed by atoms with Gasteiger partial charge in [0, 0.05) is 11.3 Å². The molecule has 0 aromatic heterocycles. The molecule has 4 rings (SSSR count). The minimum atomic E-state index is -0.593. The van der Waals surface area contributed by atoms with Gasteiger partial charge in [0.1, 0.15) is 10.7 Å². The summed E-state index contributed by atoms with van der Waals surface area (Å²) in [5.41, 5.74) is 2.92. The topological polar surface area (TPSA) is 78.5 Å². The predicted molar refractivity (Wildman–Crippen MR) is 131 cm³/mol. The SMILES string of the molecule is CCc1ccc(N2C(=O)C(Cl)=C(Nc3ccc(C(=O)Nc4ccccc4Cl)cc3)C2=O)cc1. The van der Waals surface area contributed by atoms with Crippen molar-refractivity contribution in [2.24, 2.45) is 0 Å². The molecule has 0 bridgehead atoms. The van der Waals surface area contributed by atoms with Crippen molar-refractivity contribution in [1.29, 1.82) is 0 Å². The van der Waals surface area contributed by atoms with Crippen molar-refractivity contribution < 1.29 is 14.4 Å². The quantitative estimate of drug-likeness (QED) is 0.451. The third kappa shape index (κ3) is 4.62. The average molecular weight is 480 g/mol. The highest BCUT2D eigenvalue weighted by atomic mass is 35.5. The molecule has 8 heteroatoms. The van der Waals surface area contributed by atoms with Crippen LogP contribution in [0.15, 0.2) is 83.5 Å². The largest absolute Gasteiger partial charge is 0.350 e. The number of amides is 3. The van der Waals surface area contributed by atoms with Gasteiger partial charge in [-0.3, -0.25) is 14.4 Å². The minimum absolute atomic E-state index is 0.0190. The number of benzene rings is 3. The summed E-state index contributed by atoms with van der Waals surface area (Å²) in [6, 6.07) is 20.5. The third-order valence-electron chi connectivity index (χ3n) is 5.17. The molecule has 3 amide bonds. The Labute approximate surface area is 200 Å². The molecule has 6 nitrogen and oxygen atoms in total. The molecular weight excluding hydrogens is 461 g/mol. The molecule has 0 spiro atoms. The van der Waals surface area contributed by atoms with E-state index in [0.717, 1.165) is 16.9 Å². The molecule has 3 aromatic carbocycles. The van der Waals surface area contributed by atoms with Crippen molar-refractivity contribution in [3.8, 4) is 0 Å². The molecule has 0 saturated carbocycles. The molecule has 1 aliphatic rings. The van der Waals surface area contributed by atoms with Crippen molar-refractivity contribution in [2.45, 2.75) is 13.3 Å². The minimum Gasteiger partial charge on any atom is -0.350 e. The van der Waals surface area contributed by atoms with Gasteiger partial charge in [-0.25, -0.2) is 4.90 Å². The first-order chi connectivity index (χ1) is 15.9. The van der Waals surface area contributed by atoms with E-state index in [1.807, 2.05) is 19.1 Å². The van der Waals surface area contributed by atoms with Crippen LogP contribution in [0.25, 0.3) is 0 Å². The van der Waals surface area contributed by atoms with Crippen LogP contribution in [0.1, 0.15) is 22.8 Å². The van der Waals surface area contributed by atoms with E-state index in [1.54, 1.807) is 60.7 Å². The molecule has 0 unspecified atom stereocenters. The second-order valence-electron chi connectivity index (χ2n) is 7.29. The number of hydrogen-bond acceptors (Lipinski definition) is 4. The van der Waals surface area contributed by atoms with Crippen molar-refractivity contribution in [2.75, 3.05) is 15.5 Å². The molecule has 1 aliphatic heterocycles. The highest BCUT2D eigenvalue weighted by Crippen LogP contribution is 2.30. The summed E-state index contributed by atoms with van der Waals surface area (Å²) in [6.45, 7) is 2.02. The Morgan fingerprint density at radius 1 is 0.879 bits per heavy atom. The van der Waals surface area contributed by atoms with Gasteiger partial charge in [-0.15, -0.1) is 0 Å². The number of para-hydroxylation sites is 1. The fourth-order valence-electron chi connectivity index (χ4n) is 3.33. The zero-order valence-corrected chi connectivity index (χ0v) is 19.1. The van der Waals surface area contributed by atoms with Gasteiger partial charge < -0.3 is 10.6 Å². The number of imide groups is 1. The Kier molecular flexibility index (Phi) is 6.49. The summed E-state index contributed by atoms with van der Waals surface area (Å²) in [5, 5.41) is 5.88. The Morgan fingerprint density at radius 2 is 1.55 bits per heavy atom. The van der Waals surface area contributed by atoms with E-state index in [9.17, 15) is 14.4 Å². The summed E-state index contributed by atoms with van der Waals surface area (Å²) < 4.78 is 0. The van der Waals surface area contributed by atoms with Crippen molar-refractivity contribution in [1.82, 2.24) is 0 Å². The lowest BCUT2D eigenvalue weighted by Crippen LogP contribution is -2.32. The van der Waals surface area contributed by atoms with E-state index in [1.165, 1.54) is 0 Å². The number of rotatable bonds is 6. The fourth-order valence-corrected chi connectivity index (χ4v) is 3.73. The number of anilines is 3. The van der Waals surface area contributed by atoms with E-state index in [-0.39, 0.29) is 16.6 Å². The molecule has 33 heavy (non-hydrogen) atoms. The summed E-state index contributed by atoms with van der Waals surface area (Å²) in [7, 11) is 0. The average Bonchev–Trinajstić information content (AvgIpc) is 3.04. The van der Waals surface area contributed by atoms with E-state index >= 15 is 0 Å². The summed E-state index contributed by atoms with van der Waals surface area (Å²) in [4.78, 5) is 39.1. The highest BCUT2D eigenvalue weighted by Gasteiger charge is 2.38. The zero-order valence-electron chi connectivity index (χ0n) is 17.6. The molecule has 0 atom stereocenters. The number of nitrogens with zero attached hydrogens (tertiary/aromatic N) is 1. The lowest BCUT2D eigenvalue weighted by molar-refractivity contribution is -0.120. The van der Waals surface area contributed by atoms with Gasteiger partial charge in [0.2, 0.25) is 0 Å². The van der Waals surface area contributed by atoms with Crippen molar-refractivity contribution in [3.63, 3.8) is 0 Å². The Balaban J connectivity index is 1.48. The second kappa shape index (κ2) is 9.48. The first kappa shape index (κ1) is 22.6. The number of nitrogens with one attached hydrogen (secondary N) is 2. The Hall–Kier alpha value is -3.61. The normalized spacial score (nSPS) is 13.5. The first-order valence-corrected chi connectivity index (χ1v) is 10.9. The lowest BCUT2D eigenvalue weighted by atomic mass is 10.1. The van der Waals surface area contributed by atoms with Gasteiger partial charge in [0.05, 0.1) is 16.4 Å². The van der Waals surface area contributed by atoms with Crippen LogP contribution in [0.5, 0.6) is 0 Å². The van der Waals surface area contributed by atoms with Crippen LogP contribution in [0.2, 0.25) is 5.02 Å². The fraction of sp³-hybridized carbons (Fsp3) is 0.0800. The number of halogens is 2. The van der Waals surface area contributed by atoms with E-state index in [2.05, 4.69) is 10.6 Å². The molecule has 3 aromatic rings. The van der Waals surface area contributed by atoms with Gasteiger partial charge in [-0.2, -0.15) is 0 Å². The van der Waals surface area contributed by atoms with Gasteiger partial charge in [0.15, 0.2) is 0 Å². The monoisotopic (exact) mass is 479 g/mol. The van der Waals surface area contributed by atoms with Crippen molar-refractivity contribution in [3.05, 3.63) is 99.7 Å². The molecular formula is C25H19Cl2N3O3. The Bertz CT molecular complexity index is 1270. The van der Waals surface area contributed by atoms with Crippen LogP contribution in [0, 0.1) is 0 Å². The maximum absolute atomic E-state index is 12.9. The predicted octanol–water partition coefficient (Wildman–Crippen LogP) is 5.59. The lowest BCUT2D eigenvalue weighted by Gasteiger charge is -2.15. The van der Waals surface area contributed by atoms with E-state index in [4.69, 9.17) is 23.2 Å². The van der Waals surface area contributed by atoms with E-state index < -0.39 is 11.8 Å². The van der Waals surface area contributed by atoms with Crippen molar-refractivity contribution >= 4 is 58.0 Å². The smallest absolute Gasteiger partial charge is 0.283 e. The van der Waals surface area contributed by atoms with Crippen LogP contribution in [0.3, 0.4) is 0 Å². The number of carbonyl (C=O) groups is 3. The maximum Gasteiger partial charge on any atom is 0.283 e. The summed E-state index contributed by atoms with van der Waals surface area (Å²) >= 11 is 12.3. The van der Waals surface area contributed by atoms with E-state index in [0.29, 0.717) is 27.6 Å². The number of aryl methyl sites for hydroxylation is 1. The van der Waals surface area contributed by atoms with Crippen LogP contribution in [0.4, 0.5) is 17.1 Å². The number of hydrogen-bond donors (Lipinski definition) is 2. The van der Waals surface area contributed by atoms with Gasteiger partial charge >= 0.3 is 0 Å². The summed E-state index contributed by atoms with van der Waals surface area (Å²) in [6.07, 6.45) is 0.848.